The molecule has 4 rings (SSSR count). The van der Waals surface area contributed by atoms with E-state index in [0.29, 0.717) is 23.0 Å². The molecule has 0 bridgehead atoms. The first kappa shape index (κ1) is 24.0. The van der Waals surface area contributed by atoms with Crippen molar-refractivity contribution in [2.24, 2.45) is 16.3 Å². The Balaban J connectivity index is 1.74. The van der Waals surface area contributed by atoms with Crippen LogP contribution in [0.2, 0.25) is 0 Å². The second-order valence-corrected chi connectivity index (χ2v) is 10.7. The molecule has 1 unspecified atom stereocenters. The van der Waals surface area contributed by atoms with Gasteiger partial charge < -0.3 is 14.8 Å². The molecule has 0 spiro atoms. The molecule has 5 nitrogen and oxygen atoms in total. The number of anilines is 1. The molecule has 0 fully saturated rings. The maximum atomic E-state index is 13.5. The van der Waals surface area contributed by atoms with Crippen LogP contribution in [0.3, 0.4) is 0 Å². The van der Waals surface area contributed by atoms with E-state index in [-0.39, 0.29) is 11.3 Å². The monoisotopic (exact) mass is 476 g/mol. The molecule has 6 heteroatoms. The topological polar surface area (TPSA) is 59.9 Å². The average molecular weight is 477 g/mol. The number of amides is 1. The standard InChI is InChI=1S/C28H32N2O3S/c1-28(2,3)19-14-15-21-23(16-19)34-27(24(21)26(31)30-20-11-7-6-8-12-20)29-17-18-10-9-13-22(32-4)25(18)33-5/h6-13,17,19H,14-16H2,1-5H3,(H,30,31)/b29-17+. The third-order valence-corrected chi connectivity index (χ3v) is 7.65. The lowest BCUT2D eigenvalue weighted by atomic mass is 9.72. The number of hydrogen-bond acceptors (Lipinski definition) is 5. The van der Waals surface area contributed by atoms with E-state index < -0.39 is 0 Å². The number of nitrogens with zero attached hydrogens (tertiary/aromatic N) is 1. The van der Waals surface area contributed by atoms with Crippen LogP contribution in [0.25, 0.3) is 0 Å². The molecule has 1 atom stereocenters. The van der Waals surface area contributed by atoms with Crippen LogP contribution in [0.15, 0.2) is 53.5 Å². The predicted octanol–water partition coefficient (Wildman–Crippen LogP) is 6.92. The van der Waals surface area contributed by atoms with Crippen LogP contribution >= 0.6 is 11.3 Å². The molecule has 3 aromatic rings. The first-order valence-corrected chi connectivity index (χ1v) is 12.4. The Hall–Kier alpha value is -3.12. The Labute approximate surface area is 205 Å². The lowest BCUT2D eigenvalue weighted by Gasteiger charge is -2.33. The summed E-state index contributed by atoms with van der Waals surface area (Å²) < 4.78 is 11.0. The molecule has 1 aromatic heterocycles. The normalized spacial score (nSPS) is 15.7. The van der Waals surface area contributed by atoms with Crippen LogP contribution in [-0.2, 0) is 12.8 Å². The van der Waals surface area contributed by atoms with E-state index in [1.807, 2.05) is 48.5 Å². The van der Waals surface area contributed by atoms with Gasteiger partial charge in [-0.15, -0.1) is 11.3 Å². The van der Waals surface area contributed by atoms with E-state index in [0.717, 1.165) is 41.1 Å². The van der Waals surface area contributed by atoms with Gasteiger partial charge in [-0.05, 0) is 60.4 Å². The van der Waals surface area contributed by atoms with Crippen LogP contribution in [-0.4, -0.2) is 26.3 Å². The molecule has 0 radical (unpaired) electrons. The van der Waals surface area contributed by atoms with Gasteiger partial charge in [0.2, 0.25) is 0 Å². The van der Waals surface area contributed by atoms with Crippen molar-refractivity contribution in [3.05, 3.63) is 70.1 Å². The van der Waals surface area contributed by atoms with E-state index >= 15 is 0 Å². The fourth-order valence-corrected chi connectivity index (χ4v) is 5.76. The van der Waals surface area contributed by atoms with Crippen LogP contribution in [0.1, 0.15) is 53.6 Å². The number of carbonyl (C=O) groups excluding carboxylic acids is 1. The molecular formula is C28H32N2O3S. The summed E-state index contributed by atoms with van der Waals surface area (Å²) in [6.07, 6.45) is 4.71. The highest BCUT2D eigenvalue weighted by Gasteiger charge is 2.33. The number of hydrogen-bond donors (Lipinski definition) is 1. The summed E-state index contributed by atoms with van der Waals surface area (Å²) in [5, 5.41) is 3.80. The number of methoxy groups -OCH3 is 2. The highest BCUT2D eigenvalue weighted by Crippen LogP contribution is 2.45. The lowest BCUT2D eigenvalue weighted by molar-refractivity contribution is 0.102. The highest BCUT2D eigenvalue weighted by molar-refractivity contribution is 7.16. The van der Waals surface area contributed by atoms with Crippen molar-refractivity contribution in [2.45, 2.75) is 40.0 Å². The molecule has 0 saturated carbocycles. The first-order valence-electron chi connectivity index (χ1n) is 11.6. The Bertz CT molecular complexity index is 1190. The van der Waals surface area contributed by atoms with Gasteiger partial charge >= 0.3 is 0 Å². The molecule has 0 saturated heterocycles. The lowest BCUT2D eigenvalue weighted by Crippen LogP contribution is -2.27. The summed E-state index contributed by atoms with van der Waals surface area (Å²) in [6.45, 7) is 6.90. The third-order valence-electron chi connectivity index (χ3n) is 6.48. The van der Waals surface area contributed by atoms with Gasteiger partial charge in [0.05, 0.1) is 19.8 Å². The molecular weight excluding hydrogens is 444 g/mol. The summed E-state index contributed by atoms with van der Waals surface area (Å²) in [5.74, 6) is 1.74. The van der Waals surface area contributed by atoms with Crippen molar-refractivity contribution in [1.29, 1.82) is 0 Å². The van der Waals surface area contributed by atoms with Crippen LogP contribution in [0.4, 0.5) is 10.7 Å². The van der Waals surface area contributed by atoms with Gasteiger partial charge in [0.25, 0.3) is 5.91 Å². The third kappa shape index (κ3) is 5.02. The van der Waals surface area contributed by atoms with Crippen molar-refractivity contribution in [2.75, 3.05) is 19.5 Å². The molecule has 2 aromatic carbocycles. The van der Waals surface area contributed by atoms with Gasteiger partial charge in [-0.3, -0.25) is 4.79 Å². The number of nitrogens with one attached hydrogen (secondary N) is 1. The van der Waals surface area contributed by atoms with Crippen molar-refractivity contribution < 1.29 is 14.3 Å². The van der Waals surface area contributed by atoms with Gasteiger partial charge in [-0.25, -0.2) is 4.99 Å². The highest BCUT2D eigenvalue weighted by atomic mass is 32.1. The van der Waals surface area contributed by atoms with Crippen molar-refractivity contribution in [3.8, 4) is 11.5 Å². The predicted molar refractivity (Wildman–Crippen MR) is 140 cm³/mol. The van der Waals surface area contributed by atoms with E-state index in [1.54, 1.807) is 31.8 Å². The number of rotatable bonds is 6. The molecule has 1 aliphatic carbocycles. The quantitative estimate of drug-likeness (QED) is 0.393. The minimum atomic E-state index is -0.109. The van der Waals surface area contributed by atoms with Crippen LogP contribution in [0, 0.1) is 11.3 Å². The second kappa shape index (κ2) is 10.0. The zero-order valence-electron chi connectivity index (χ0n) is 20.5. The fraction of sp³-hybridized carbons (Fsp3) is 0.357. The smallest absolute Gasteiger partial charge is 0.259 e. The maximum Gasteiger partial charge on any atom is 0.259 e. The number of benzene rings is 2. The molecule has 1 aliphatic rings. The Kier molecular flexibility index (Phi) is 7.08. The Morgan fingerprint density at radius 2 is 1.85 bits per heavy atom. The molecule has 1 amide bonds. The number of aliphatic imine (C=N–C) groups is 1. The van der Waals surface area contributed by atoms with Crippen molar-refractivity contribution >= 4 is 34.1 Å². The Morgan fingerprint density at radius 3 is 2.53 bits per heavy atom. The largest absolute Gasteiger partial charge is 0.493 e. The zero-order chi connectivity index (χ0) is 24.3. The SMILES string of the molecule is COc1cccc(/C=N/c2sc3c(c2C(=O)Nc2ccccc2)CCC(C(C)(C)C)C3)c1OC. The van der Waals surface area contributed by atoms with Gasteiger partial charge in [-0.1, -0.05) is 45.0 Å². The van der Waals surface area contributed by atoms with Crippen molar-refractivity contribution in [1.82, 2.24) is 0 Å². The van der Waals surface area contributed by atoms with E-state index in [9.17, 15) is 4.79 Å². The number of thiophene rings is 1. The Morgan fingerprint density at radius 1 is 1.09 bits per heavy atom. The number of ether oxygens (including phenoxy) is 2. The van der Waals surface area contributed by atoms with Gasteiger partial charge in [0, 0.05) is 22.3 Å². The maximum absolute atomic E-state index is 13.5. The minimum absolute atomic E-state index is 0.109. The summed E-state index contributed by atoms with van der Waals surface area (Å²) >= 11 is 1.63. The summed E-state index contributed by atoms with van der Waals surface area (Å²) in [5.41, 5.74) is 3.64. The molecule has 0 aliphatic heterocycles. The summed E-state index contributed by atoms with van der Waals surface area (Å²) in [7, 11) is 3.23. The first-order chi connectivity index (χ1) is 16.3. The summed E-state index contributed by atoms with van der Waals surface area (Å²) in [4.78, 5) is 19.5. The molecule has 1 N–H and O–H groups in total. The second-order valence-electron chi connectivity index (χ2n) is 9.65. The fourth-order valence-electron chi connectivity index (χ4n) is 4.49. The van der Waals surface area contributed by atoms with E-state index in [1.165, 1.54) is 4.88 Å². The number of para-hydroxylation sites is 2. The summed E-state index contributed by atoms with van der Waals surface area (Å²) in [6, 6.07) is 15.3. The van der Waals surface area contributed by atoms with Crippen LogP contribution in [0.5, 0.6) is 11.5 Å². The van der Waals surface area contributed by atoms with E-state index in [2.05, 4.69) is 26.1 Å². The van der Waals surface area contributed by atoms with E-state index in [4.69, 9.17) is 14.5 Å². The van der Waals surface area contributed by atoms with Crippen molar-refractivity contribution in [3.63, 3.8) is 0 Å². The zero-order valence-corrected chi connectivity index (χ0v) is 21.3. The number of fused-ring (bicyclic) bond motifs is 1. The molecule has 1 heterocycles. The molecule has 178 valence electrons. The minimum Gasteiger partial charge on any atom is -0.493 e. The molecule has 34 heavy (non-hydrogen) atoms. The average Bonchev–Trinajstić information content (AvgIpc) is 3.20. The van der Waals surface area contributed by atoms with Gasteiger partial charge in [-0.2, -0.15) is 0 Å². The van der Waals surface area contributed by atoms with Crippen LogP contribution < -0.4 is 14.8 Å². The van der Waals surface area contributed by atoms with Gasteiger partial charge in [0.15, 0.2) is 11.5 Å². The number of carbonyl (C=O) groups is 1. The van der Waals surface area contributed by atoms with Gasteiger partial charge in [0.1, 0.15) is 5.00 Å².